The smallest absolute Gasteiger partial charge is 0.229 e. The number of hydrogen-bond acceptors (Lipinski definition) is 7. The van der Waals surface area contributed by atoms with E-state index < -0.39 is 0 Å². The topological polar surface area (TPSA) is 100 Å². The second-order valence-corrected chi connectivity index (χ2v) is 8.98. The molecule has 2 aromatic rings. The van der Waals surface area contributed by atoms with Crippen LogP contribution in [0.3, 0.4) is 0 Å². The lowest BCUT2D eigenvalue weighted by Gasteiger charge is -2.22. The van der Waals surface area contributed by atoms with E-state index in [9.17, 15) is 4.79 Å². The molecule has 3 N–H and O–H groups in total. The highest BCUT2D eigenvalue weighted by molar-refractivity contribution is 6.32. The highest BCUT2D eigenvalue weighted by Gasteiger charge is 2.18. The van der Waals surface area contributed by atoms with Gasteiger partial charge in [0, 0.05) is 32.3 Å². The molecule has 0 aromatic carbocycles. The number of anilines is 3. The predicted molar refractivity (Wildman–Crippen MR) is 127 cm³/mol. The third-order valence-corrected chi connectivity index (χ3v) is 6.44. The summed E-state index contributed by atoms with van der Waals surface area (Å²) >= 11 is 6.31. The minimum atomic E-state index is 0.273. The number of likely N-dealkylation sites (tertiary alicyclic amines) is 1. The van der Waals surface area contributed by atoms with Gasteiger partial charge in [0.05, 0.1) is 23.6 Å². The standard InChI is InChI=1S/C22H33ClN8O/c1-16-19(15-31(29-16)17-7-10-24-11-8-17)27-22-26-14-18(23)21(28-22)25-9-5-13-30-12-4-2-3-6-20(30)32/h14-15,17,24H,2-13H2,1H3,(H2,25,26,27,28). The number of aromatic nitrogens is 4. The first-order valence-corrected chi connectivity index (χ1v) is 12.1. The fourth-order valence-electron chi connectivity index (χ4n) is 4.29. The van der Waals surface area contributed by atoms with Crippen molar-refractivity contribution in [3.63, 3.8) is 0 Å². The first-order chi connectivity index (χ1) is 15.6. The summed E-state index contributed by atoms with van der Waals surface area (Å²) in [4.78, 5) is 23.0. The predicted octanol–water partition coefficient (Wildman–Crippen LogP) is 3.51. The molecule has 9 nitrogen and oxygen atoms in total. The summed E-state index contributed by atoms with van der Waals surface area (Å²) < 4.78 is 2.05. The molecule has 0 saturated carbocycles. The van der Waals surface area contributed by atoms with Gasteiger partial charge >= 0.3 is 0 Å². The van der Waals surface area contributed by atoms with E-state index in [1.165, 1.54) is 0 Å². The molecule has 0 bridgehead atoms. The average Bonchev–Trinajstić information content (AvgIpc) is 3.04. The van der Waals surface area contributed by atoms with Gasteiger partial charge in [0.2, 0.25) is 11.9 Å². The number of nitrogens with one attached hydrogen (secondary N) is 3. The van der Waals surface area contributed by atoms with Crippen molar-refractivity contribution in [1.82, 2.24) is 30.0 Å². The van der Waals surface area contributed by atoms with Gasteiger partial charge in [-0.3, -0.25) is 9.48 Å². The molecule has 0 aliphatic carbocycles. The second-order valence-electron chi connectivity index (χ2n) is 8.58. The lowest BCUT2D eigenvalue weighted by atomic mass is 10.1. The van der Waals surface area contributed by atoms with Gasteiger partial charge in [-0.2, -0.15) is 10.1 Å². The van der Waals surface area contributed by atoms with Gasteiger partial charge in [0.15, 0.2) is 0 Å². The zero-order valence-electron chi connectivity index (χ0n) is 18.7. The molecule has 0 atom stereocenters. The maximum atomic E-state index is 12.1. The molecule has 0 unspecified atom stereocenters. The van der Waals surface area contributed by atoms with Crippen LogP contribution in [0, 0.1) is 6.92 Å². The summed E-state index contributed by atoms with van der Waals surface area (Å²) in [6.45, 7) is 6.34. The fourth-order valence-corrected chi connectivity index (χ4v) is 4.44. The van der Waals surface area contributed by atoms with Crippen molar-refractivity contribution in [2.45, 2.75) is 57.9 Å². The van der Waals surface area contributed by atoms with Crippen LogP contribution in [0.1, 0.15) is 56.7 Å². The maximum absolute atomic E-state index is 12.1. The third kappa shape index (κ3) is 5.89. The van der Waals surface area contributed by atoms with E-state index in [1.807, 2.05) is 18.0 Å². The van der Waals surface area contributed by atoms with Crippen molar-refractivity contribution in [1.29, 1.82) is 0 Å². The van der Waals surface area contributed by atoms with E-state index in [4.69, 9.17) is 11.6 Å². The maximum Gasteiger partial charge on any atom is 0.229 e. The third-order valence-electron chi connectivity index (χ3n) is 6.16. The van der Waals surface area contributed by atoms with Gasteiger partial charge < -0.3 is 20.9 Å². The summed E-state index contributed by atoms with van der Waals surface area (Å²) in [5.74, 6) is 1.34. The van der Waals surface area contributed by atoms with Gasteiger partial charge in [0.1, 0.15) is 10.8 Å². The van der Waals surface area contributed by atoms with Crippen LogP contribution in [0.15, 0.2) is 12.4 Å². The summed E-state index contributed by atoms with van der Waals surface area (Å²) in [6, 6.07) is 0.421. The first kappa shape index (κ1) is 22.8. The van der Waals surface area contributed by atoms with E-state index in [0.29, 0.717) is 35.8 Å². The Hall–Kier alpha value is -2.39. The monoisotopic (exact) mass is 460 g/mol. The molecule has 2 aliphatic rings. The Kier molecular flexibility index (Phi) is 7.81. The number of rotatable bonds is 8. The molecule has 2 aliphatic heterocycles. The largest absolute Gasteiger partial charge is 0.369 e. The molecule has 174 valence electrons. The van der Waals surface area contributed by atoms with E-state index in [1.54, 1.807) is 6.20 Å². The molecule has 0 radical (unpaired) electrons. The van der Waals surface area contributed by atoms with Gasteiger partial charge in [-0.1, -0.05) is 18.0 Å². The van der Waals surface area contributed by atoms with Crippen LogP contribution in [0.5, 0.6) is 0 Å². The van der Waals surface area contributed by atoms with Crippen molar-refractivity contribution < 1.29 is 4.79 Å². The lowest BCUT2D eigenvalue weighted by molar-refractivity contribution is -0.130. The van der Waals surface area contributed by atoms with Gasteiger partial charge in [-0.15, -0.1) is 0 Å². The van der Waals surface area contributed by atoms with E-state index in [2.05, 4.69) is 35.7 Å². The molecule has 2 fully saturated rings. The van der Waals surface area contributed by atoms with Crippen molar-refractivity contribution in [3.05, 3.63) is 23.1 Å². The highest BCUT2D eigenvalue weighted by atomic mass is 35.5. The fraction of sp³-hybridized carbons (Fsp3) is 0.636. The molecular formula is C22H33ClN8O. The van der Waals surface area contributed by atoms with E-state index in [-0.39, 0.29) is 5.91 Å². The zero-order valence-corrected chi connectivity index (χ0v) is 19.5. The number of amides is 1. The van der Waals surface area contributed by atoms with Crippen LogP contribution in [-0.2, 0) is 4.79 Å². The Morgan fingerprint density at radius 1 is 1.25 bits per heavy atom. The first-order valence-electron chi connectivity index (χ1n) is 11.7. The Labute approximate surface area is 194 Å². The number of carbonyl (C=O) groups is 1. The van der Waals surface area contributed by atoms with E-state index in [0.717, 1.165) is 76.1 Å². The summed E-state index contributed by atoms with van der Waals surface area (Å²) in [6.07, 6.45) is 10.6. The molecule has 4 rings (SSSR count). The van der Waals surface area contributed by atoms with Gasteiger partial charge in [-0.25, -0.2) is 4.98 Å². The molecule has 1 amide bonds. The number of carbonyl (C=O) groups excluding carboxylic acids is 1. The van der Waals surface area contributed by atoms with Crippen LogP contribution in [0.2, 0.25) is 5.02 Å². The normalized spacial score (nSPS) is 17.9. The molecule has 0 spiro atoms. The van der Waals surface area contributed by atoms with Crippen LogP contribution in [0.25, 0.3) is 0 Å². The van der Waals surface area contributed by atoms with Crippen molar-refractivity contribution in [2.24, 2.45) is 0 Å². The Morgan fingerprint density at radius 2 is 2.09 bits per heavy atom. The number of piperidine rings is 1. The number of halogens is 1. The van der Waals surface area contributed by atoms with Crippen LogP contribution < -0.4 is 16.0 Å². The number of hydrogen-bond donors (Lipinski definition) is 3. The minimum absolute atomic E-state index is 0.273. The molecule has 2 aromatic heterocycles. The molecule has 10 heteroatoms. The summed E-state index contributed by atoms with van der Waals surface area (Å²) in [5, 5.41) is 15.1. The highest BCUT2D eigenvalue weighted by Crippen LogP contribution is 2.25. The zero-order chi connectivity index (χ0) is 22.3. The van der Waals surface area contributed by atoms with Gasteiger partial charge in [0.25, 0.3) is 0 Å². The number of aryl methyl sites for hydroxylation is 1. The van der Waals surface area contributed by atoms with Crippen molar-refractivity contribution in [2.75, 3.05) is 43.4 Å². The SMILES string of the molecule is Cc1nn(C2CCNCC2)cc1Nc1ncc(Cl)c(NCCCN2CCCCCC2=O)n1. The second kappa shape index (κ2) is 11.0. The summed E-state index contributed by atoms with van der Waals surface area (Å²) in [7, 11) is 0. The Bertz CT molecular complexity index is 911. The van der Waals surface area contributed by atoms with Crippen LogP contribution in [-0.4, -0.2) is 63.3 Å². The van der Waals surface area contributed by atoms with Crippen molar-refractivity contribution in [3.8, 4) is 0 Å². The van der Waals surface area contributed by atoms with Crippen LogP contribution in [0.4, 0.5) is 17.5 Å². The summed E-state index contributed by atoms with van der Waals surface area (Å²) in [5.41, 5.74) is 1.81. The Morgan fingerprint density at radius 3 is 2.94 bits per heavy atom. The van der Waals surface area contributed by atoms with Gasteiger partial charge in [-0.05, 0) is 52.1 Å². The molecule has 32 heavy (non-hydrogen) atoms. The number of nitrogens with zero attached hydrogens (tertiary/aromatic N) is 5. The molecule has 4 heterocycles. The van der Waals surface area contributed by atoms with Crippen molar-refractivity contribution >= 4 is 35.0 Å². The molecular weight excluding hydrogens is 428 g/mol. The van der Waals surface area contributed by atoms with E-state index >= 15 is 0 Å². The average molecular weight is 461 g/mol. The Balaban J connectivity index is 1.32. The minimum Gasteiger partial charge on any atom is -0.369 e. The molecule has 2 saturated heterocycles. The van der Waals surface area contributed by atoms with Crippen LogP contribution >= 0.6 is 11.6 Å². The quantitative estimate of drug-likeness (QED) is 0.518. The lowest BCUT2D eigenvalue weighted by Crippen LogP contribution is -2.32.